The first-order chi connectivity index (χ1) is 26.4. The maximum Gasteiger partial charge on any atom is 0.508 e. The number of carbonyl (C=O) groups is 4. The Balaban J connectivity index is 0.00000160. The fourth-order valence-corrected chi connectivity index (χ4v) is 5.76. The Morgan fingerprint density at radius 1 is 0.630 bits per heavy atom. The molecule has 0 spiro atoms. The highest BCUT2D eigenvalue weighted by atomic mass is 16.8. The van der Waals surface area contributed by atoms with E-state index in [1.165, 1.54) is 0 Å². The summed E-state index contributed by atoms with van der Waals surface area (Å²) < 4.78 is 40.8. The van der Waals surface area contributed by atoms with Crippen molar-refractivity contribution < 1.29 is 57.1 Å². The van der Waals surface area contributed by atoms with Crippen LogP contribution in [-0.4, -0.2) is 109 Å². The molecule has 0 saturated carbocycles. The van der Waals surface area contributed by atoms with E-state index in [-0.39, 0.29) is 50.8 Å². The van der Waals surface area contributed by atoms with E-state index in [9.17, 15) is 19.2 Å². The molecule has 0 aliphatic carbocycles. The van der Waals surface area contributed by atoms with Gasteiger partial charge in [0, 0.05) is 63.9 Å². The summed E-state index contributed by atoms with van der Waals surface area (Å²) in [4.78, 5) is 49.1. The van der Waals surface area contributed by atoms with Crippen molar-refractivity contribution in [1.82, 2.24) is 0 Å². The summed E-state index contributed by atoms with van der Waals surface area (Å²) in [5, 5.41) is 0. The third-order valence-corrected chi connectivity index (χ3v) is 8.53. The van der Waals surface area contributed by atoms with Gasteiger partial charge in [-0.25, -0.2) is 14.4 Å². The van der Waals surface area contributed by atoms with Gasteiger partial charge in [0.05, 0.1) is 6.10 Å². The van der Waals surface area contributed by atoms with Gasteiger partial charge in [-0.15, -0.1) is 0 Å². The molecule has 3 aliphatic heterocycles. The zero-order valence-corrected chi connectivity index (χ0v) is 33.0. The van der Waals surface area contributed by atoms with Crippen LogP contribution in [0.25, 0.3) is 0 Å². The van der Waals surface area contributed by atoms with E-state index in [0.717, 1.165) is 28.9 Å². The number of ether oxygens (including phenoxy) is 8. The van der Waals surface area contributed by atoms with Gasteiger partial charge < -0.3 is 47.7 Å². The minimum atomic E-state index is -0.640. The van der Waals surface area contributed by atoms with E-state index in [2.05, 4.69) is 58.3 Å². The quantitative estimate of drug-likeness (QED) is 0.0754. The van der Waals surface area contributed by atoms with Crippen molar-refractivity contribution in [2.45, 2.75) is 98.1 Å². The second-order valence-electron chi connectivity index (χ2n) is 11.8. The van der Waals surface area contributed by atoms with Crippen LogP contribution in [0, 0.1) is 0 Å². The van der Waals surface area contributed by atoms with E-state index in [1.54, 1.807) is 7.11 Å². The van der Waals surface area contributed by atoms with Crippen molar-refractivity contribution in [1.29, 1.82) is 0 Å². The second kappa shape index (κ2) is 26.1. The Kier molecular flexibility index (Phi) is 22.0. The summed E-state index contributed by atoms with van der Waals surface area (Å²) in [7, 11) is 1.59. The molecule has 5 rings (SSSR count). The molecule has 3 fully saturated rings. The molecule has 2 aromatic carbocycles. The molecule has 3 aliphatic rings. The van der Waals surface area contributed by atoms with Crippen molar-refractivity contribution in [3.05, 3.63) is 59.7 Å². The van der Waals surface area contributed by atoms with Crippen molar-refractivity contribution in [3.8, 4) is 0 Å². The van der Waals surface area contributed by atoms with Gasteiger partial charge >= 0.3 is 18.5 Å². The summed E-state index contributed by atoms with van der Waals surface area (Å²) in [6.07, 6.45) is 0.148. The van der Waals surface area contributed by atoms with Crippen LogP contribution in [0.1, 0.15) is 78.4 Å². The van der Waals surface area contributed by atoms with E-state index >= 15 is 0 Å². The Hall–Kier alpha value is -4.72. The van der Waals surface area contributed by atoms with Gasteiger partial charge in [0.15, 0.2) is 0 Å². The molecule has 14 heteroatoms. The zero-order valence-electron chi connectivity index (χ0n) is 33.0. The molecule has 0 N–H and O–H groups in total. The first-order valence-electron chi connectivity index (χ1n) is 19.1. The molecule has 0 radical (unpaired) electrons. The average Bonchev–Trinajstić information content (AvgIpc) is 3.96. The van der Waals surface area contributed by atoms with Gasteiger partial charge in [0.2, 0.25) is 0 Å². The predicted octanol–water partition coefficient (Wildman–Crippen LogP) is 7.32. The standard InChI is InChI=1S/C34H42N2O12.3C2H6/c1-41-28(19-42-23-37)10-14-35(15-11-29-20-43-32(38)46-29)26-6-2-24(3-7-26)18-25-4-8-27(9-5-25)36(16-12-30-21-44-33(39)47-30)17-13-31-22-45-34(40)48-31;3*1-2/h2-9,23,28-31H,10-22H2,1H3;3*1-2H3. The lowest BCUT2D eigenvalue weighted by molar-refractivity contribution is -0.132. The monoisotopic (exact) mass is 760 g/mol. The molecule has 0 bridgehead atoms. The molecular formula is C40H60N2O12. The summed E-state index contributed by atoms with van der Waals surface area (Å²) in [6.45, 7) is 15.9. The number of hydrogen-bond donors (Lipinski definition) is 0. The summed E-state index contributed by atoms with van der Waals surface area (Å²) >= 11 is 0. The summed E-state index contributed by atoms with van der Waals surface area (Å²) in [6, 6.07) is 16.7. The highest BCUT2D eigenvalue weighted by Crippen LogP contribution is 2.24. The van der Waals surface area contributed by atoms with E-state index < -0.39 is 18.5 Å². The lowest BCUT2D eigenvalue weighted by atomic mass is 10.0. The molecule has 2 aromatic rings. The van der Waals surface area contributed by atoms with Crippen LogP contribution in [0.4, 0.5) is 25.8 Å². The third kappa shape index (κ3) is 15.7. The fraction of sp³-hybridized carbons (Fsp3) is 0.600. The van der Waals surface area contributed by atoms with Gasteiger partial charge in [-0.2, -0.15) is 0 Å². The second-order valence-corrected chi connectivity index (χ2v) is 11.8. The summed E-state index contributed by atoms with van der Waals surface area (Å²) in [5.74, 6) is 0. The highest BCUT2D eigenvalue weighted by molar-refractivity contribution is 5.62. The number of methoxy groups -OCH3 is 1. The number of cyclic esters (lactones) is 6. The number of nitrogens with zero attached hydrogens (tertiary/aromatic N) is 2. The molecule has 0 aromatic heterocycles. The normalized spacial score (nSPS) is 18.6. The Labute approximate surface area is 320 Å². The van der Waals surface area contributed by atoms with Gasteiger partial charge in [0.25, 0.3) is 6.47 Å². The first kappa shape index (κ1) is 45.4. The number of hydrogen-bond acceptors (Lipinski definition) is 14. The molecule has 3 heterocycles. The molecule has 4 unspecified atom stereocenters. The fourth-order valence-electron chi connectivity index (χ4n) is 5.76. The van der Waals surface area contributed by atoms with Gasteiger partial charge in [-0.3, -0.25) is 4.79 Å². The highest BCUT2D eigenvalue weighted by Gasteiger charge is 2.28. The van der Waals surface area contributed by atoms with Crippen molar-refractivity contribution in [2.75, 3.05) is 69.5 Å². The number of rotatable bonds is 20. The van der Waals surface area contributed by atoms with Crippen molar-refractivity contribution in [3.63, 3.8) is 0 Å². The Morgan fingerprint density at radius 3 is 1.31 bits per heavy atom. The summed E-state index contributed by atoms with van der Waals surface area (Å²) in [5.41, 5.74) is 4.30. The minimum absolute atomic E-state index is 0.174. The first-order valence-corrected chi connectivity index (χ1v) is 19.1. The average molecular weight is 761 g/mol. The van der Waals surface area contributed by atoms with E-state index in [1.807, 2.05) is 41.5 Å². The zero-order chi connectivity index (χ0) is 39.7. The SMILES string of the molecule is CC.CC.CC.COC(CCN(CCC1COC(=O)O1)c1ccc(Cc2ccc(N(CCC3COC(=O)O3)CCC3COC(=O)O3)cc2)cc1)COC=O. The number of carbonyl (C=O) groups excluding carboxylic acids is 4. The molecule has 54 heavy (non-hydrogen) atoms. The molecular weight excluding hydrogens is 700 g/mol. The maximum absolute atomic E-state index is 11.4. The topological polar surface area (TPSA) is 149 Å². The predicted molar refractivity (Wildman–Crippen MR) is 204 cm³/mol. The molecule has 302 valence electrons. The van der Waals surface area contributed by atoms with Gasteiger partial charge in [-0.1, -0.05) is 65.8 Å². The lowest BCUT2D eigenvalue weighted by Crippen LogP contribution is -2.32. The molecule has 14 nitrogen and oxygen atoms in total. The van der Waals surface area contributed by atoms with Crippen LogP contribution >= 0.6 is 0 Å². The molecule has 3 saturated heterocycles. The Bertz CT molecular complexity index is 1330. The van der Waals surface area contributed by atoms with Gasteiger partial charge in [0.1, 0.15) is 44.7 Å². The van der Waals surface area contributed by atoms with E-state index in [4.69, 9.17) is 37.9 Å². The molecule has 0 amide bonds. The van der Waals surface area contributed by atoms with Crippen LogP contribution in [0.2, 0.25) is 0 Å². The lowest BCUT2D eigenvalue weighted by Gasteiger charge is -2.27. The largest absolute Gasteiger partial charge is 0.508 e. The Morgan fingerprint density at radius 2 is 1.00 bits per heavy atom. The minimum Gasteiger partial charge on any atom is -0.465 e. The van der Waals surface area contributed by atoms with Crippen molar-refractivity contribution >= 4 is 36.3 Å². The van der Waals surface area contributed by atoms with Crippen LogP contribution in [0.15, 0.2) is 48.5 Å². The van der Waals surface area contributed by atoms with Crippen LogP contribution in [0.5, 0.6) is 0 Å². The molecule has 4 atom stereocenters. The van der Waals surface area contributed by atoms with E-state index in [0.29, 0.717) is 58.3 Å². The van der Waals surface area contributed by atoms with Crippen molar-refractivity contribution in [2.24, 2.45) is 0 Å². The number of anilines is 2. The smallest absolute Gasteiger partial charge is 0.465 e. The number of benzene rings is 2. The van der Waals surface area contributed by atoms with Crippen LogP contribution < -0.4 is 9.80 Å². The van der Waals surface area contributed by atoms with Gasteiger partial charge in [-0.05, 0) is 48.2 Å². The third-order valence-electron chi connectivity index (χ3n) is 8.53. The maximum atomic E-state index is 11.4. The van der Waals surface area contributed by atoms with Crippen LogP contribution in [0.3, 0.4) is 0 Å². The van der Waals surface area contributed by atoms with Crippen LogP contribution in [-0.2, 0) is 49.1 Å².